The van der Waals surface area contributed by atoms with E-state index in [1.807, 2.05) is 0 Å². The molecular weight excluding hydrogens is 406 g/mol. The largest absolute Gasteiger partial charge is 1.00 e. The van der Waals surface area contributed by atoms with Crippen molar-refractivity contribution in [2.45, 2.75) is 0 Å². The van der Waals surface area contributed by atoms with Gasteiger partial charge >= 0.3 is 59.1 Å². The van der Waals surface area contributed by atoms with Crippen molar-refractivity contribution in [3.63, 3.8) is 0 Å². The minimum Gasteiger partial charge on any atom is -0.744 e. The maximum absolute atomic E-state index is 12.1. The van der Waals surface area contributed by atoms with E-state index in [-0.39, 0.29) is 75.7 Å². The van der Waals surface area contributed by atoms with Gasteiger partial charge in [0.05, 0.1) is 0 Å². The van der Waals surface area contributed by atoms with Crippen LogP contribution in [-0.2, 0) is 29.8 Å². The molecule has 0 fully saturated rings. The molecule has 3 rings (SSSR count). The molecule has 0 radical (unpaired) electrons. The molecule has 0 bridgehead atoms. The van der Waals surface area contributed by atoms with Crippen LogP contribution in [0.1, 0.15) is 11.1 Å². The van der Waals surface area contributed by atoms with Crippen LogP contribution in [0, 0.1) is 0 Å². The maximum Gasteiger partial charge on any atom is 1.00 e. The van der Waals surface area contributed by atoms with Crippen molar-refractivity contribution in [1.82, 2.24) is 0 Å². The van der Waals surface area contributed by atoms with Crippen molar-refractivity contribution in [3.8, 4) is 0 Å². The molecule has 0 atom stereocenters. The first-order chi connectivity index (χ1) is 11.0. The fourth-order valence-electron chi connectivity index (χ4n) is 2.48. The van der Waals surface area contributed by atoms with Crippen LogP contribution in [0.3, 0.4) is 0 Å². The van der Waals surface area contributed by atoms with Crippen LogP contribution < -0.4 is 69.6 Å². The molecule has 26 heavy (non-hydrogen) atoms. The Bertz CT molecular complexity index is 1220. The monoisotopic (exact) mass is 412 g/mol. The first kappa shape index (κ1) is 23.6. The second kappa shape index (κ2) is 7.92. The molecule has 0 amide bonds. The molecule has 0 heterocycles. The molecule has 2 aliphatic carbocycles. The van der Waals surface area contributed by atoms with Crippen LogP contribution in [0.4, 0.5) is 0 Å². The Hall–Kier alpha value is -0.400. The number of ketones is 2. The third-order valence-corrected chi connectivity index (χ3v) is 5.21. The van der Waals surface area contributed by atoms with Gasteiger partial charge in [-0.05, 0) is 46.7 Å². The first-order valence-corrected chi connectivity index (χ1v) is 9.10. The van der Waals surface area contributed by atoms with E-state index in [0.29, 0.717) is 16.9 Å². The van der Waals surface area contributed by atoms with Crippen LogP contribution in [-0.4, -0.2) is 37.5 Å². The molecular formula is C14H6Na2O8S2. The quantitative estimate of drug-likeness (QED) is 0.344. The molecule has 0 unspecified atom stereocenters. The molecule has 8 nitrogen and oxygen atoms in total. The van der Waals surface area contributed by atoms with Gasteiger partial charge in [0.25, 0.3) is 0 Å². The van der Waals surface area contributed by atoms with E-state index in [1.54, 1.807) is 0 Å². The molecule has 1 aromatic carbocycles. The van der Waals surface area contributed by atoms with E-state index in [1.165, 1.54) is 30.4 Å². The molecule has 0 aliphatic heterocycles. The molecule has 0 saturated carbocycles. The first-order valence-electron chi connectivity index (χ1n) is 6.29. The Balaban J connectivity index is 0.00000169. The zero-order chi connectivity index (χ0) is 17.9. The smallest absolute Gasteiger partial charge is 0.744 e. The van der Waals surface area contributed by atoms with E-state index < -0.39 is 35.8 Å². The number of carbonyl (C=O) groups excluding carboxylic acids is 2. The van der Waals surface area contributed by atoms with Crippen molar-refractivity contribution in [1.29, 1.82) is 0 Å². The number of hydrogen-bond acceptors (Lipinski definition) is 8. The third-order valence-electron chi connectivity index (χ3n) is 3.46. The summed E-state index contributed by atoms with van der Waals surface area (Å²) >= 11 is 0. The van der Waals surface area contributed by atoms with Crippen LogP contribution in [0.2, 0.25) is 0 Å². The summed E-state index contributed by atoms with van der Waals surface area (Å²) in [7, 11) is -10.6. The van der Waals surface area contributed by atoms with Crippen molar-refractivity contribution in [2.24, 2.45) is 0 Å². The number of allylic oxidation sites excluding steroid dienone is 2. The summed E-state index contributed by atoms with van der Waals surface area (Å²) in [6.45, 7) is 0. The van der Waals surface area contributed by atoms with Gasteiger partial charge in [-0.1, -0.05) is 6.08 Å². The van der Waals surface area contributed by atoms with Gasteiger partial charge in [-0.2, -0.15) is 0 Å². The van der Waals surface area contributed by atoms with Crippen LogP contribution in [0.15, 0.2) is 23.1 Å². The van der Waals surface area contributed by atoms with E-state index in [4.69, 9.17) is 0 Å². The number of fused-ring (bicyclic) bond motifs is 2. The van der Waals surface area contributed by atoms with Crippen molar-refractivity contribution < 1.29 is 94.6 Å². The zero-order valence-corrected chi connectivity index (χ0v) is 19.2. The number of Topliss-reactive ketones (excluding diaryl/α,β-unsaturated/α-hetero) is 1. The molecule has 124 valence electrons. The SMILES string of the molecule is O=C1C=Cc2cc3c(cc2=C1)C=C(S(=O)(=O)[O-])C(=O)C=3S(=O)(=O)[O-].[Na+].[Na+]. The Morgan fingerprint density at radius 2 is 1.38 bits per heavy atom. The fourth-order valence-corrected chi connectivity index (χ4v) is 3.93. The summed E-state index contributed by atoms with van der Waals surface area (Å²) in [6, 6.07) is 2.41. The standard InChI is InChI=1S/C14H8O8S2.2Na/c15-10-2-1-7-5-11-9(3-8(7)4-10)6-12(23(17,18)19)13(16)14(11)24(20,21)22;;/h1-6H,(H,17,18,19)(H,20,21,22);;/q;2*+1/p-2. The van der Waals surface area contributed by atoms with E-state index in [9.17, 15) is 35.5 Å². The molecule has 2 aliphatic rings. The van der Waals surface area contributed by atoms with Crippen LogP contribution >= 0.6 is 0 Å². The predicted octanol–water partition coefficient (Wildman–Crippen LogP) is -7.81. The average Bonchev–Trinajstić information content (AvgIpc) is 2.42. The van der Waals surface area contributed by atoms with Crippen LogP contribution in [0.25, 0.3) is 23.1 Å². The minimum absolute atomic E-state index is 0. The maximum atomic E-state index is 12.1. The van der Waals surface area contributed by atoms with Gasteiger partial charge in [0.2, 0.25) is 5.78 Å². The van der Waals surface area contributed by atoms with Crippen molar-refractivity contribution >= 4 is 54.9 Å². The summed E-state index contributed by atoms with van der Waals surface area (Å²) in [5.74, 6) is -2.01. The van der Waals surface area contributed by atoms with Gasteiger partial charge in [-0.3, -0.25) is 9.59 Å². The van der Waals surface area contributed by atoms with E-state index >= 15 is 0 Å². The molecule has 12 heteroatoms. The summed E-state index contributed by atoms with van der Waals surface area (Å²) in [4.78, 5) is 20.8. The minimum atomic E-state index is -5.35. The van der Waals surface area contributed by atoms with Gasteiger partial charge in [0.1, 0.15) is 30.0 Å². The number of carbonyl (C=O) groups is 2. The fraction of sp³-hybridized carbons (Fsp3) is 0. The summed E-state index contributed by atoms with van der Waals surface area (Å²) < 4.78 is 67.9. The number of hydrogen-bond donors (Lipinski definition) is 0. The predicted molar refractivity (Wildman–Crippen MR) is 80.0 cm³/mol. The van der Waals surface area contributed by atoms with Gasteiger partial charge in [0, 0.05) is 5.22 Å². The average molecular weight is 412 g/mol. The summed E-state index contributed by atoms with van der Waals surface area (Å²) in [5.41, 5.74) is 0.237. The molecule has 0 spiro atoms. The second-order valence-electron chi connectivity index (χ2n) is 5.02. The van der Waals surface area contributed by atoms with E-state index in [0.717, 1.165) is 0 Å². The van der Waals surface area contributed by atoms with Gasteiger partial charge in [-0.15, -0.1) is 0 Å². The summed E-state index contributed by atoms with van der Waals surface area (Å²) in [6.07, 6.45) is 4.47. The Morgan fingerprint density at radius 1 is 0.769 bits per heavy atom. The molecule has 0 N–H and O–H groups in total. The van der Waals surface area contributed by atoms with Gasteiger partial charge < -0.3 is 9.11 Å². The Labute approximate surface area is 192 Å². The molecule has 0 aromatic heterocycles. The molecule has 0 saturated heterocycles. The van der Waals surface area contributed by atoms with Gasteiger partial charge in [0.15, 0.2) is 5.78 Å². The van der Waals surface area contributed by atoms with Crippen molar-refractivity contribution in [2.75, 3.05) is 0 Å². The number of rotatable bonds is 2. The third kappa shape index (κ3) is 4.36. The van der Waals surface area contributed by atoms with E-state index in [2.05, 4.69) is 0 Å². The van der Waals surface area contributed by atoms with Gasteiger partial charge in [-0.25, -0.2) is 16.8 Å². The Morgan fingerprint density at radius 3 is 1.92 bits per heavy atom. The second-order valence-corrected chi connectivity index (χ2v) is 7.69. The Kier molecular flexibility index (Phi) is 7.20. The molecule has 1 aromatic rings. The normalized spacial score (nSPS) is 15.8. The van der Waals surface area contributed by atoms with Crippen molar-refractivity contribution in [3.05, 3.63) is 44.7 Å². The van der Waals surface area contributed by atoms with Crippen LogP contribution in [0.5, 0.6) is 0 Å². The topological polar surface area (TPSA) is 149 Å². The number of benzene rings is 1. The zero-order valence-electron chi connectivity index (χ0n) is 13.5. The summed E-state index contributed by atoms with van der Waals surface area (Å²) in [5, 5.41) is 0.0192.